The fourth-order valence-electron chi connectivity index (χ4n) is 1.72. The Morgan fingerprint density at radius 1 is 1.33 bits per heavy atom. The highest BCUT2D eigenvalue weighted by atomic mass is 79.9. The first-order valence-corrected chi connectivity index (χ1v) is 7.21. The molecule has 0 saturated carbocycles. The molecule has 2 aromatic rings. The molecule has 0 spiro atoms. The summed E-state index contributed by atoms with van der Waals surface area (Å²) in [7, 11) is 3.26. The molecule has 1 aromatic carbocycles. The summed E-state index contributed by atoms with van der Waals surface area (Å²) in [5.41, 5.74) is 0.870. The average molecular weight is 354 g/mol. The van der Waals surface area contributed by atoms with E-state index >= 15 is 0 Å². The predicted molar refractivity (Wildman–Crippen MR) is 80.4 cm³/mol. The van der Waals surface area contributed by atoms with Gasteiger partial charge in [0.1, 0.15) is 0 Å². The molecule has 7 heteroatoms. The van der Waals surface area contributed by atoms with Crippen molar-refractivity contribution in [2.24, 2.45) is 0 Å². The van der Waals surface area contributed by atoms with Crippen molar-refractivity contribution in [3.63, 3.8) is 0 Å². The number of hydrogen-bond acceptors (Lipinski definition) is 6. The molecule has 0 bridgehead atoms. The number of aromatic nitrogens is 2. The Balaban J connectivity index is 1.93. The normalized spacial score (nSPS) is 10.9. The molecule has 0 N–H and O–H groups in total. The van der Waals surface area contributed by atoms with E-state index in [4.69, 9.17) is 4.42 Å². The number of methoxy groups -OCH3 is 1. The predicted octanol–water partition coefficient (Wildman–Crippen LogP) is 2.49. The van der Waals surface area contributed by atoms with Crippen LogP contribution in [-0.2, 0) is 16.1 Å². The number of carbonyl (C=O) groups excluding carboxylic acids is 1. The maximum absolute atomic E-state index is 11.1. The van der Waals surface area contributed by atoms with E-state index in [9.17, 15) is 4.79 Å². The molecule has 2 rings (SSSR count). The van der Waals surface area contributed by atoms with Gasteiger partial charge in [-0.15, -0.1) is 10.2 Å². The van der Waals surface area contributed by atoms with Gasteiger partial charge in [0.2, 0.25) is 11.8 Å². The standard InChI is InChI=1S/C14H16BrN3O3/c1-18(8-7-13(19)20-2)9-12-16-17-14(21-12)10-3-5-11(15)6-4-10/h3-6H,7-9H2,1-2H3. The van der Waals surface area contributed by atoms with Crippen LogP contribution in [0.2, 0.25) is 0 Å². The van der Waals surface area contributed by atoms with Gasteiger partial charge in [0.15, 0.2) is 0 Å². The fourth-order valence-corrected chi connectivity index (χ4v) is 1.99. The van der Waals surface area contributed by atoms with Gasteiger partial charge in [-0.25, -0.2) is 0 Å². The van der Waals surface area contributed by atoms with Crippen LogP contribution in [0.15, 0.2) is 33.2 Å². The Kier molecular flexibility index (Phi) is 5.46. The number of hydrogen-bond donors (Lipinski definition) is 0. The molecule has 0 fully saturated rings. The molecule has 21 heavy (non-hydrogen) atoms. The van der Waals surface area contributed by atoms with Crippen LogP contribution in [0.4, 0.5) is 0 Å². The quantitative estimate of drug-likeness (QED) is 0.743. The zero-order chi connectivity index (χ0) is 15.2. The van der Waals surface area contributed by atoms with Gasteiger partial charge in [-0.3, -0.25) is 9.69 Å². The van der Waals surface area contributed by atoms with Gasteiger partial charge in [-0.2, -0.15) is 0 Å². The Labute approximate surface area is 131 Å². The van der Waals surface area contributed by atoms with Crippen molar-refractivity contribution in [3.8, 4) is 11.5 Å². The summed E-state index contributed by atoms with van der Waals surface area (Å²) in [5, 5.41) is 8.05. The second-order valence-corrected chi connectivity index (χ2v) is 5.49. The molecule has 1 aromatic heterocycles. The topological polar surface area (TPSA) is 68.5 Å². The van der Waals surface area contributed by atoms with Gasteiger partial charge in [-0.1, -0.05) is 15.9 Å². The van der Waals surface area contributed by atoms with Crippen molar-refractivity contribution >= 4 is 21.9 Å². The number of halogens is 1. The second-order valence-electron chi connectivity index (χ2n) is 4.57. The zero-order valence-electron chi connectivity index (χ0n) is 11.9. The minimum Gasteiger partial charge on any atom is -0.469 e. The van der Waals surface area contributed by atoms with Gasteiger partial charge < -0.3 is 9.15 Å². The van der Waals surface area contributed by atoms with Crippen LogP contribution in [-0.4, -0.2) is 41.8 Å². The number of nitrogens with zero attached hydrogens (tertiary/aromatic N) is 3. The third kappa shape index (κ3) is 4.64. The van der Waals surface area contributed by atoms with Crippen molar-refractivity contribution in [1.29, 1.82) is 0 Å². The Morgan fingerprint density at radius 3 is 2.71 bits per heavy atom. The van der Waals surface area contributed by atoms with E-state index in [1.807, 2.05) is 36.2 Å². The number of benzene rings is 1. The van der Waals surface area contributed by atoms with Crippen LogP contribution in [0, 0.1) is 0 Å². The SMILES string of the molecule is COC(=O)CCN(C)Cc1nnc(-c2ccc(Br)cc2)o1. The van der Waals surface area contributed by atoms with Crippen LogP contribution in [0.1, 0.15) is 12.3 Å². The van der Waals surface area contributed by atoms with Crippen LogP contribution in [0.25, 0.3) is 11.5 Å². The van der Waals surface area contributed by atoms with Crippen LogP contribution in [0.5, 0.6) is 0 Å². The molecular weight excluding hydrogens is 338 g/mol. The minimum atomic E-state index is -0.233. The molecule has 0 amide bonds. The lowest BCUT2D eigenvalue weighted by molar-refractivity contribution is -0.140. The van der Waals surface area contributed by atoms with Crippen LogP contribution in [0.3, 0.4) is 0 Å². The number of carbonyl (C=O) groups is 1. The van der Waals surface area contributed by atoms with Crippen molar-refractivity contribution in [2.45, 2.75) is 13.0 Å². The largest absolute Gasteiger partial charge is 0.469 e. The molecule has 0 atom stereocenters. The first-order valence-electron chi connectivity index (χ1n) is 6.42. The van der Waals surface area contributed by atoms with Crippen molar-refractivity contribution < 1.29 is 13.9 Å². The maximum Gasteiger partial charge on any atom is 0.306 e. The molecule has 1 heterocycles. The summed E-state index contributed by atoms with van der Waals surface area (Å²) in [4.78, 5) is 13.0. The van der Waals surface area contributed by atoms with Gasteiger partial charge >= 0.3 is 5.97 Å². The van der Waals surface area contributed by atoms with E-state index in [0.29, 0.717) is 31.3 Å². The number of esters is 1. The van der Waals surface area contributed by atoms with Gasteiger partial charge in [0.25, 0.3) is 0 Å². The lowest BCUT2D eigenvalue weighted by Gasteiger charge is -2.12. The molecule has 0 saturated heterocycles. The minimum absolute atomic E-state index is 0.233. The summed E-state index contributed by atoms with van der Waals surface area (Å²) < 4.78 is 11.2. The van der Waals surface area contributed by atoms with Crippen molar-refractivity contribution in [3.05, 3.63) is 34.6 Å². The highest BCUT2D eigenvalue weighted by Gasteiger charge is 2.11. The molecule has 6 nitrogen and oxygen atoms in total. The molecule has 0 aliphatic heterocycles. The second kappa shape index (κ2) is 7.33. The highest BCUT2D eigenvalue weighted by Crippen LogP contribution is 2.20. The highest BCUT2D eigenvalue weighted by molar-refractivity contribution is 9.10. The maximum atomic E-state index is 11.1. The van der Waals surface area contributed by atoms with E-state index in [2.05, 4.69) is 30.9 Å². The average Bonchev–Trinajstić information content (AvgIpc) is 2.94. The van der Waals surface area contributed by atoms with Crippen LogP contribution < -0.4 is 0 Å². The summed E-state index contributed by atoms with van der Waals surface area (Å²) in [6.45, 7) is 1.06. The first kappa shape index (κ1) is 15.7. The third-order valence-electron chi connectivity index (χ3n) is 2.89. The lowest BCUT2D eigenvalue weighted by Crippen LogP contribution is -2.22. The van der Waals surface area contributed by atoms with Gasteiger partial charge in [0, 0.05) is 16.6 Å². The molecule has 0 unspecified atom stereocenters. The Hall–Kier alpha value is -1.73. The van der Waals surface area contributed by atoms with Crippen molar-refractivity contribution in [1.82, 2.24) is 15.1 Å². The van der Waals surface area contributed by atoms with Gasteiger partial charge in [0.05, 0.1) is 20.1 Å². The fraction of sp³-hybridized carbons (Fsp3) is 0.357. The smallest absolute Gasteiger partial charge is 0.306 e. The van der Waals surface area contributed by atoms with E-state index in [-0.39, 0.29) is 5.97 Å². The molecular formula is C14H16BrN3O3. The number of rotatable bonds is 6. The Morgan fingerprint density at radius 2 is 2.05 bits per heavy atom. The molecule has 0 radical (unpaired) electrons. The summed E-state index contributed by atoms with van der Waals surface area (Å²) >= 11 is 3.38. The van der Waals surface area contributed by atoms with Crippen molar-refractivity contribution in [2.75, 3.05) is 20.7 Å². The zero-order valence-corrected chi connectivity index (χ0v) is 13.5. The van der Waals surface area contributed by atoms with E-state index < -0.39 is 0 Å². The summed E-state index contributed by atoms with van der Waals surface area (Å²) in [6, 6.07) is 7.65. The lowest BCUT2D eigenvalue weighted by atomic mass is 10.2. The Bertz CT molecular complexity index is 598. The van der Waals surface area contributed by atoms with E-state index in [1.165, 1.54) is 7.11 Å². The monoisotopic (exact) mass is 353 g/mol. The molecule has 0 aliphatic rings. The van der Waals surface area contributed by atoms with E-state index in [0.717, 1.165) is 10.0 Å². The van der Waals surface area contributed by atoms with Gasteiger partial charge in [-0.05, 0) is 31.3 Å². The summed E-state index contributed by atoms with van der Waals surface area (Å²) in [5.74, 6) is 0.766. The van der Waals surface area contributed by atoms with Crippen LogP contribution >= 0.6 is 15.9 Å². The third-order valence-corrected chi connectivity index (χ3v) is 3.42. The molecule has 112 valence electrons. The van der Waals surface area contributed by atoms with E-state index in [1.54, 1.807) is 0 Å². The molecule has 0 aliphatic carbocycles. The first-order chi connectivity index (χ1) is 10.1. The number of ether oxygens (including phenoxy) is 1. The summed E-state index contributed by atoms with van der Waals surface area (Å²) in [6.07, 6.45) is 0.334.